The van der Waals surface area contributed by atoms with Crippen LogP contribution in [0.5, 0.6) is 0 Å². The monoisotopic (exact) mass is 774 g/mol. The lowest BCUT2D eigenvalue weighted by Crippen LogP contribution is -1.93. The number of rotatable bonds is 12. The van der Waals surface area contributed by atoms with Crippen LogP contribution in [0.1, 0.15) is 36.1 Å². The minimum absolute atomic E-state index is 1.06. The molecule has 0 amide bonds. The molecule has 0 N–H and O–H groups in total. The van der Waals surface area contributed by atoms with Crippen LogP contribution < -0.4 is 0 Å². The molecule has 0 aliphatic rings. The summed E-state index contributed by atoms with van der Waals surface area (Å²) in [7, 11) is 0. The van der Waals surface area contributed by atoms with Crippen molar-refractivity contribution in [3.63, 3.8) is 0 Å². The van der Waals surface area contributed by atoms with Crippen molar-refractivity contribution < 1.29 is 0 Å². The summed E-state index contributed by atoms with van der Waals surface area (Å²) in [6, 6.07) is 57.1. The van der Waals surface area contributed by atoms with Crippen molar-refractivity contribution in [2.75, 3.05) is 0 Å². The average Bonchev–Trinajstić information content (AvgIpc) is 3.80. The summed E-state index contributed by atoms with van der Waals surface area (Å²) < 4.78 is 0. The van der Waals surface area contributed by atoms with E-state index >= 15 is 0 Å². The summed E-state index contributed by atoms with van der Waals surface area (Å²) in [5.41, 5.74) is 10.4. The van der Waals surface area contributed by atoms with E-state index in [1.165, 1.54) is 64.3 Å². The van der Waals surface area contributed by atoms with Crippen LogP contribution in [0.3, 0.4) is 0 Å². The predicted octanol–water partition coefficient (Wildman–Crippen LogP) is 17.0. The first-order chi connectivity index (χ1) is 29.1. The summed E-state index contributed by atoms with van der Waals surface area (Å²) in [5.74, 6) is 0. The van der Waals surface area contributed by atoms with E-state index in [0.717, 1.165) is 27.8 Å². The minimum Gasteiger partial charge on any atom is -0.135 e. The van der Waals surface area contributed by atoms with Gasteiger partial charge in [0.05, 0.1) is 0 Å². The van der Waals surface area contributed by atoms with E-state index in [1.54, 1.807) is 0 Å². The molecule has 0 saturated carbocycles. The van der Waals surface area contributed by atoms with Gasteiger partial charge in [-0.15, -0.1) is 11.3 Å². The maximum atomic E-state index is 4.28. The topological polar surface area (TPSA) is 0 Å². The molecular formula is C58H46S. The molecule has 8 aromatic rings. The Hall–Kier alpha value is -7.06. The smallest absolute Gasteiger partial charge is 0.0349 e. The van der Waals surface area contributed by atoms with Crippen LogP contribution in [-0.4, -0.2) is 0 Å². The van der Waals surface area contributed by atoms with Gasteiger partial charge in [0.15, 0.2) is 0 Å². The predicted molar refractivity (Wildman–Crippen MR) is 263 cm³/mol. The molecule has 8 rings (SSSR count). The van der Waals surface area contributed by atoms with Gasteiger partial charge in [-0.1, -0.05) is 201 Å². The number of hydrogen-bond acceptors (Lipinski definition) is 1. The molecule has 0 aliphatic heterocycles. The van der Waals surface area contributed by atoms with Crippen LogP contribution in [0, 0.1) is 0 Å². The molecule has 0 bridgehead atoms. The van der Waals surface area contributed by atoms with Crippen LogP contribution in [0.4, 0.5) is 0 Å². The van der Waals surface area contributed by atoms with Crippen molar-refractivity contribution in [2.45, 2.75) is 13.8 Å². The largest absolute Gasteiger partial charge is 0.135 e. The zero-order valence-electron chi connectivity index (χ0n) is 33.6. The highest BCUT2D eigenvalue weighted by atomic mass is 32.1. The maximum absolute atomic E-state index is 4.28. The number of benzene rings is 7. The molecule has 0 fully saturated rings. The Morgan fingerprint density at radius 1 is 0.475 bits per heavy atom. The second kappa shape index (κ2) is 18.5. The normalized spacial score (nSPS) is 13.0. The van der Waals surface area contributed by atoms with Gasteiger partial charge in [0, 0.05) is 9.75 Å². The molecule has 0 unspecified atom stereocenters. The molecule has 0 spiro atoms. The van der Waals surface area contributed by atoms with Crippen molar-refractivity contribution in [3.05, 3.63) is 253 Å². The van der Waals surface area contributed by atoms with Gasteiger partial charge in [-0.25, -0.2) is 0 Å². The molecule has 0 radical (unpaired) electrons. The summed E-state index contributed by atoms with van der Waals surface area (Å²) in [5, 5.41) is 7.29. The van der Waals surface area contributed by atoms with E-state index in [4.69, 9.17) is 0 Å². The van der Waals surface area contributed by atoms with Gasteiger partial charge in [-0.2, -0.15) is 0 Å². The molecular weight excluding hydrogens is 729 g/mol. The highest BCUT2D eigenvalue weighted by Crippen LogP contribution is 2.42. The Kier molecular flexibility index (Phi) is 12.1. The molecule has 0 nitrogen and oxygen atoms in total. The average molecular weight is 775 g/mol. The fourth-order valence-electron chi connectivity index (χ4n) is 7.68. The van der Waals surface area contributed by atoms with Crippen LogP contribution in [-0.2, 0) is 0 Å². The summed E-state index contributed by atoms with van der Waals surface area (Å²) >= 11 is 1.84. The molecule has 0 saturated heterocycles. The fraction of sp³-hybridized carbons (Fsp3) is 0.0345. The lowest BCUT2D eigenvalue weighted by molar-refractivity contribution is 1.58. The molecule has 1 heterocycles. The van der Waals surface area contributed by atoms with Gasteiger partial charge in [0.2, 0.25) is 0 Å². The van der Waals surface area contributed by atoms with Gasteiger partial charge in [-0.05, 0) is 133 Å². The Bertz CT molecular complexity index is 2990. The van der Waals surface area contributed by atoms with Crippen molar-refractivity contribution in [1.82, 2.24) is 0 Å². The molecule has 7 aromatic carbocycles. The van der Waals surface area contributed by atoms with Gasteiger partial charge in [-0.3, -0.25) is 0 Å². The van der Waals surface area contributed by atoms with Gasteiger partial charge in [0.1, 0.15) is 0 Å². The Balaban J connectivity index is 1.40. The van der Waals surface area contributed by atoms with Crippen molar-refractivity contribution in [1.29, 1.82) is 0 Å². The first-order valence-electron chi connectivity index (χ1n) is 20.2. The van der Waals surface area contributed by atoms with E-state index < -0.39 is 0 Å². The lowest BCUT2D eigenvalue weighted by Gasteiger charge is -2.17. The highest BCUT2D eigenvalue weighted by molar-refractivity contribution is 7.18. The summed E-state index contributed by atoms with van der Waals surface area (Å²) in [6.45, 7) is 8.36. The maximum Gasteiger partial charge on any atom is 0.0349 e. The van der Waals surface area contributed by atoms with E-state index in [-0.39, 0.29) is 0 Å². The second-order valence-corrected chi connectivity index (χ2v) is 15.5. The molecule has 59 heavy (non-hydrogen) atoms. The van der Waals surface area contributed by atoms with Gasteiger partial charge >= 0.3 is 0 Å². The van der Waals surface area contributed by atoms with Crippen molar-refractivity contribution in [2.24, 2.45) is 0 Å². The lowest BCUT2D eigenvalue weighted by atomic mass is 9.86. The SMILES string of the molecule is C=CC(=C\C=C/C)/C(=C\c1c2ccccc2c(/C=C(/C=C/C=C\C=C/C)c2ccccc2)c2ccc(-c3ccc(-c4ccc5ccccc5c4)s3)cc12)c1ccccc1. The standard InChI is InChI=1S/C58H46S/c1-4-7-9-10-13-28-47(43-23-14-11-15-24-43)39-54-50-30-20-21-31-51(50)56(41-53(42(6-3)22-8-5-2)45-26-16-12-17-27-45)55-40-49(34-35-52(54)55)58-37-36-57(59-58)48-33-32-44-25-18-19-29-46(44)38-48/h4-41H,3H2,1-2H3/b7-4-,8-5-,10-9-,28-13+,42-22+,47-39-,53-41+. The van der Waals surface area contributed by atoms with E-state index in [1.807, 2.05) is 37.3 Å². The summed E-state index contributed by atoms with van der Waals surface area (Å²) in [4.78, 5) is 2.49. The molecule has 0 aliphatic carbocycles. The van der Waals surface area contributed by atoms with E-state index in [9.17, 15) is 0 Å². The number of thiophene rings is 1. The number of fused-ring (bicyclic) bond motifs is 3. The first-order valence-corrected chi connectivity index (χ1v) is 21.0. The van der Waals surface area contributed by atoms with Crippen LogP contribution in [0.2, 0.25) is 0 Å². The minimum atomic E-state index is 1.06. The number of hydrogen-bond donors (Lipinski definition) is 0. The number of allylic oxidation sites excluding steroid dienone is 13. The molecule has 1 aromatic heterocycles. The summed E-state index contributed by atoms with van der Waals surface area (Å²) in [6.07, 6.45) is 25.6. The quantitative estimate of drug-likeness (QED) is 0.0659. The van der Waals surface area contributed by atoms with Crippen LogP contribution >= 0.6 is 11.3 Å². The molecule has 284 valence electrons. The third-order valence-corrected chi connectivity index (χ3v) is 11.8. The zero-order valence-corrected chi connectivity index (χ0v) is 34.4. The van der Waals surface area contributed by atoms with E-state index in [0.29, 0.717) is 0 Å². The molecule has 0 atom stereocenters. The third-order valence-electron chi connectivity index (χ3n) is 10.6. The second-order valence-electron chi connectivity index (χ2n) is 14.4. The third kappa shape index (κ3) is 8.62. The van der Waals surface area contributed by atoms with Crippen molar-refractivity contribution >= 4 is 67.0 Å². The Labute approximate surface area is 352 Å². The first kappa shape index (κ1) is 38.8. The van der Waals surface area contributed by atoms with Crippen LogP contribution in [0.15, 0.2) is 231 Å². The zero-order chi connectivity index (χ0) is 40.4. The van der Waals surface area contributed by atoms with Gasteiger partial charge < -0.3 is 0 Å². The Morgan fingerprint density at radius 2 is 1.05 bits per heavy atom. The van der Waals surface area contributed by atoms with Crippen molar-refractivity contribution in [3.8, 4) is 20.9 Å². The van der Waals surface area contributed by atoms with Gasteiger partial charge in [0.25, 0.3) is 0 Å². The highest BCUT2D eigenvalue weighted by Gasteiger charge is 2.17. The Morgan fingerprint density at radius 3 is 1.75 bits per heavy atom. The van der Waals surface area contributed by atoms with E-state index in [2.05, 4.69) is 225 Å². The fourth-order valence-corrected chi connectivity index (χ4v) is 8.67. The van der Waals surface area contributed by atoms with Crippen LogP contribution in [0.25, 0.3) is 76.5 Å². The molecule has 1 heteroatoms.